The monoisotopic (exact) mass is 434 g/mol. The van der Waals surface area contributed by atoms with Gasteiger partial charge in [-0.3, -0.25) is 9.67 Å². The van der Waals surface area contributed by atoms with Crippen LogP contribution in [0.25, 0.3) is 22.5 Å². The van der Waals surface area contributed by atoms with Crippen LogP contribution in [-0.2, 0) is 16.1 Å². The molecule has 2 N–H and O–H groups in total. The molecule has 3 rings (SSSR count). The number of carbonyl (C=O) groups is 2. The number of benzene rings is 1. The van der Waals surface area contributed by atoms with Crippen LogP contribution in [0.1, 0.15) is 10.5 Å². The van der Waals surface area contributed by atoms with Gasteiger partial charge in [0.2, 0.25) is 0 Å². The van der Waals surface area contributed by atoms with Gasteiger partial charge in [0.25, 0.3) is 0 Å². The van der Waals surface area contributed by atoms with Gasteiger partial charge in [-0.05, 0) is 42.5 Å². The predicted molar refractivity (Wildman–Crippen MR) is 103 cm³/mol. The molecule has 31 heavy (non-hydrogen) atoms. The summed E-state index contributed by atoms with van der Waals surface area (Å²) in [4.78, 5) is 27.4. The minimum absolute atomic E-state index is 0.0288. The average molecular weight is 434 g/mol. The summed E-state index contributed by atoms with van der Waals surface area (Å²) in [6.07, 6.45) is -3.77. The van der Waals surface area contributed by atoms with Crippen molar-refractivity contribution in [1.29, 1.82) is 0 Å². The Balaban J connectivity index is 1.93. The van der Waals surface area contributed by atoms with E-state index in [1.165, 1.54) is 12.3 Å². The number of carbonyl (C=O) groups excluding carboxylic acids is 2. The Hall–Kier alpha value is -3.73. The molecule has 0 radical (unpaired) electrons. The molecule has 3 aromatic rings. The smallest absolute Gasteiger partial charge is 0.491 e. The number of aromatic nitrogens is 3. The van der Waals surface area contributed by atoms with Gasteiger partial charge >= 0.3 is 18.1 Å². The van der Waals surface area contributed by atoms with Crippen molar-refractivity contribution < 1.29 is 32.2 Å². The summed E-state index contributed by atoms with van der Waals surface area (Å²) in [5.41, 5.74) is 7.38. The van der Waals surface area contributed by atoms with E-state index in [0.29, 0.717) is 17.0 Å². The SMILES string of the molecule is COc1ccc(-c2cc(-c3cc(C(=O)OC(=O)C(F)(F)F)n(CCN)n3)ccn2)cc1. The number of rotatable bonds is 6. The molecular weight excluding hydrogens is 417 g/mol. The van der Waals surface area contributed by atoms with Gasteiger partial charge in [0, 0.05) is 23.9 Å². The fraction of sp³-hybridized carbons (Fsp3) is 0.200. The van der Waals surface area contributed by atoms with E-state index in [-0.39, 0.29) is 24.5 Å². The zero-order valence-corrected chi connectivity index (χ0v) is 16.2. The number of hydrogen-bond acceptors (Lipinski definition) is 7. The number of hydrogen-bond donors (Lipinski definition) is 1. The van der Waals surface area contributed by atoms with E-state index >= 15 is 0 Å². The Morgan fingerprint density at radius 2 is 1.77 bits per heavy atom. The first-order valence-corrected chi connectivity index (χ1v) is 8.95. The highest BCUT2D eigenvalue weighted by atomic mass is 19.4. The number of alkyl halides is 3. The predicted octanol–water partition coefficient (Wildman–Crippen LogP) is 2.83. The number of pyridine rings is 1. The summed E-state index contributed by atoms with van der Waals surface area (Å²) in [5.74, 6) is -3.40. The third-order valence-corrected chi connectivity index (χ3v) is 4.19. The first-order valence-electron chi connectivity index (χ1n) is 8.95. The average Bonchev–Trinajstić information content (AvgIpc) is 3.17. The summed E-state index contributed by atoms with van der Waals surface area (Å²) < 4.78 is 47.4. The van der Waals surface area contributed by atoms with Gasteiger partial charge in [-0.1, -0.05) is 0 Å². The van der Waals surface area contributed by atoms with E-state index in [0.717, 1.165) is 10.2 Å². The minimum Gasteiger partial charge on any atom is -0.497 e. The van der Waals surface area contributed by atoms with Crippen molar-refractivity contribution in [3.8, 4) is 28.3 Å². The Bertz CT molecular complexity index is 1090. The summed E-state index contributed by atoms with van der Waals surface area (Å²) in [6.45, 7) is 0.0864. The summed E-state index contributed by atoms with van der Waals surface area (Å²) in [7, 11) is 1.55. The number of nitrogens with two attached hydrogens (primary N) is 1. The van der Waals surface area contributed by atoms with Crippen LogP contribution in [0.15, 0.2) is 48.7 Å². The molecule has 0 fully saturated rings. The Morgan fingerprint density at radius 1 is 1.06 bits per heavy atom. The number of esters is 2. The molecule has 0 aliphatic carbocycles. The van der Waals surface area contributed by atoms with Crippen molar-refractivity contribution in [2.45, 2.75) is 12.7 Å². The standard InChI is InChI=1S/C20H17F3N4O4/c1-30-14-4-2-12(3-5-14)15-10-13(6-8-25-15)16-11-17(27(26-16)9-7-24)18(28)31-19(29)20(21,22)23/h2-6,8,10-11H,7,9,24H2,1H3. The molecule has 0 unspecified atom stereocenters. The fourth-order valence-electron chi connectivity index (χ4n) is 2.72. The van der Waals surface area contributed by atoms with Gasteiger partial charge in [-0.25, -0.2) is 9.59 Å². The molecule has 0 aliphatic rings. The van der Waals surface area contributed by atoms with E-state index < -0.39 is 18.1 Å². The number of ether oxygens (including phenoxy) is 2. The van der Waals surface area contributed by atoms with Crippen molar-refractivity contribution in [1.82, 2.24) is 14.8 Å². The van der Waals surface area contributed by atoms with Crippen LogP contribution in [0.4, 0.5) is 13.2 Å². The molecule has 2 aromatic heterocycles. The molecule has 0 amide bonds. The largest absolute Gasteiger partial charge is 0.497 e. The van der Waals surface area contributed by atoms with Crippen molar-refractivity contribution in [3.63, 3.8) is 0 Å². The van der Waals surface area contributed by atoms with Gasteiger partial charge in [0.05, 0.1) is 25.0 Å². The number of methoxy groups -OCH3 is 1. The maximum Gasteiger partial charge on any atom is 0.491 e. The van der Waals surface area contributed by atoms with Crippen LogP contribution >= 0.6 is 0 Å². The first kappa shape index (κ1) is 22.0. The van der Waals surface area contributed by atoms with Gasteiger partial charge in [-0.2, -0.15) is 18.3 Å². The van der Waals surface area contributed by atoms with E-state index in [4.69, 9.17) is 10.5 Å². The second kappa shape index (κ2) is 8.96. The van der Waals surface area contributed by atoms with E-state index in [9.17, 15) is 22.8 Å². The van der Waals surface area contributed by atoms with E-state index in [1.807, 2.05) is 12.1 Å². The highest BCUT2D eigenvalue weighted by Gasteiger charge is 2.43. The molecule has 8 nitrogen and oxygen atoms in total. The maximum atomic E-state index is 12.4. The maximum absolute atomic E-state index is 12.4. The van der Waals surface area contributed by atoms with Crippen molar-refractivity contribution in [3.05, 3.63) is 54.4 Å². The normalized spacial score (nSPS) is 11.3. The van der Waals surface area contributed by atoms with Crippen LogP contribution in [0.5, 0.6) is 5.75 Å². The summed E-state index contributed by atoms with van der Waals surface area (Å²) >= 11 is 0. The van der Waals surface area contributed by atoms with Crippen LogP contribution in [0, 0.1) is 0 Å². The van der Waals surface area contributed by atoms with Gasteiger partial charge in [0.15, 0.2) is 0 Å². The molecule has 2 heterocycles. The van der Waals surface area contributed by atoms with Crippen molar-refractivity contribution in [2.24, 2.45) is 5.73 Å². The Kier molecular flexibility index (Phi) is 6.35. The quantitative estimate of drug-likeness (QED) is 0.469. The highest BCUT2D eigenvalue weighted by molar-refractivity contribution is 5.97. The van der Waals surface area contributed by atoms with Crippen LogP contribution in [-0.4, -0.2) is 46.5 Å². The molecule has 0 spiro atoms. The Morgan fingerprint density at radius 3 is 2.39 bits per heavy atom. The van der Waals surface area contributed by atoms with Crippen molar-refractivity contribution in [2.75, 3.05) is 13.7 Å². The molecule has 11 heteroatoms. The molecule has 1 aromatic carbocycles. The van der Waals surface area contributed by atoms with Crippen molar-refractivity contribution >= 4 is 11.9 Å². The van der Waals surface area contributed by atoms with E-state index in [2.05, 4.69) is 14.8 Å². The van der Waals surface area contributed by atoms with E-state index in [1.54, 1.807) is 31.4 Å². The van der Waals surface area contributed by atoms with Crippen LogP contribution < -0.4 is 10.5 Å². The lowest BCUT2D eigenvalue weighted by molar-refractivity contribution is -0.193. The first-order chi connectivity index (χ1) is 14.7. The summed E-state index contributed by atoms with van der Waals surface area (Å²) in [5, 5.41) is 4.22. The molecule has 0 saturated heterocycles. The lowest BCUT2D eigenvalue weighted by atomic mass is 10.1. The highest BCUT2D eigenvalue weighted by Crippen LogP contribution is 2.26. The molecule has 0 saturated carbocycles. The molecule has 0 aliphatic heterocycles. The second-order valence-corrected chi connectivity index (χ2v) is 6.26. The molecule has 0 atom stereocenters. The zero-order chi connectivity index (χ0) is 22.6. The molecule has 0 bridgehead atoms. The number of nitrogens with zero attached hydrogens (tertiary/aromatic N) is 3. The summed E-state index contributed by atoms with van der Waals surface area (Å²) in [6, 6.07) is 11.7. The van der Waals surface area contributed by atoms with Crippen LogP contribution in [0.3, 0.4) is 0 Å². The lowest BCUT2D eigenvalue weighted by Gasteiger charge is -2.07. The molecular formula is C20H17F3N4O4. The van der Waals surface area contributed by atoms with Gasteiger partial charge < -0.3 is 15.2 Å². The zero-order valence-electron chi connectivity index (χ0n) is 16.2. The minimum atomic E-state index is -5.30. The molecule has 162 valence electrons. The fourth-order valence-corrected chi connectivity index (χ4v) is 2.72. The second-order valence-electron chi connectivity index (χ2n) is 6.26. The third-order valence-electron chi connectivity index (χ3n) is 4.19. The lowest BCUT2D eigenvalue weighted by Crippen LogP contribution is -2.29. The third kappa shape index (κ3) is 5.07. The topological polar surface area (TPSA) is 109 Å². The Labute approximate surface area is 174 Å². The number of halogens is 3. The van der Waals surface area contributed by atoms with Gasteiger partial charge in [0.1, 0.15) is 11.4 Å². The van der Waals surface area contributed by atoms with Crippen LogP contribution in [0.2, 0.25) is 0 Å². The van der Waals surface area contributed by atoms with Gasteiger partial charge in [-0.15, -0.1) is 0 Å².